The van der Waals surface area contributed by atoms with Crippen molar-refractivity contribution in [3.63, 3.8) is 0 Å². The second-order valence-electron chi connectivity index (χ2n) is 6.47. The quantitative estimate of drug-likeness (QED) is 0.891. The van der Waals surface area contributed by atoms with Crippen molar-refractivity contribution in [3.05, 3.63) is 35.9 Å². The average Bonchev–Trinajstić information content (AvgIpc) is 2.48. The summed E-state index contributed by atoms with van der Waals surface area (Å²) in [6, 6.07) is 10.6. The summed E-state index contributed by atoms with van der Waals surface area (Å²) in [4.78, 5) is 14.9. The number of hydrogen-bond donors (Lipinski definition) is 2. The predicted octanol–water partition coefficient (Wildman–Crippen LogP) is 1.82. The van der Waals surface area contributed by atoms with E-state index in [1.807, 2.05) is 30.3 Å². The highest BCUT2D eigenvalue weighted by Gasteiger charge is 2.36. The molecule has 0 spiro atoms. The molecule has 2 heterocycles. The number of rotatable bonds is 3. The molecular formula is C17H25N3O. The molecule has 0 saturated carbocycles. The van der Waals surface area contributed by atoms with Crippen LogP contribution < -0.4 is 11.1 Å². The lowest BCUT2D eigenvalue weighted by molar-refractivity contribution is -0.124. The summed E-state index contributed by atoms with van der Waals surface area (Å²) in [7, 11) is 2.22. The molecule has 0 radical (unpaired) electrons. The van der Waals surface area contributed by atoms with Crippen LogP contribution in [0.4, 0.5) is 0 Å². The zero-order chi connectivity index (χ0) is 14.8. The summed E-state index contributed by atoms with van der Waals surface area (Å²) in [5.41, 5.74) is 6.95. The van der Waals surface area contributed by atoms with Crippen LogP contribution in [0.2, 0.25) is 0 Å². The smallest absolute Gasteiger partial charge is 0.241 e. The van der Waals surface area contributed by atoms with Gasteiger partial charge in [0.2, 0.25) is 5.91 Å². The molecule has 4 nitrogen and oxygen atoms in total. The summed E-state index contributed by atoms with van der Waals surface area (Å²) in [5.74, 6) is -0.0474. The summed E-state index contributed by atoms with van der Waals surface area (Å²) in [6.07, 6.45) is 5.94. The van der Waals surface area contributed by atoms with Crippen molar-refractivity contribution in [2.75, 3.05) is 7.05 Å². The first-order chi connectivity index (χ1) is 10.1. The molecule has 2 aliphatic rings. The van der Waals surface area contributed by atoms with Crippen molar-refractivity contribution in [3.8, 4) is 0 Å². The van der Waals surface area contributed by atoms with Gasteiger partial charge in [0.05, 0.1) is 0 Å². The van der Waals surface area contributed by atoms with Crippen molar-refractivity contribution in [2.45, 2.75) is 56.3 Å². The number of nitrogens with zero attached hydrogens (tertiary/aromatic N) is 1. The van der Waals surface area contributed by atoms with Crippen molar-refractivity contribution in [2.24, 2.45) is 5.73 Å². The number of hydrogen-bond acceptors (Lipinski definition) is 3. The molecule has 4 heteroatoms. The molecule has 3 rings (SSSR count). The van der Waals surface area contributed by atoms with E-state index in [4.69, 9.17) is 5.73 Å². The minimum Gasteiger partial charge on any atom is -0.352 e. The fraction of sp³-hybridized carbons (Fsp3) is 0.588. The van der Waals surface area contributed by atoms with Gasteiger partial charge in [-0.1, -0.05) is 36.8 Å². The molecule has 2 aliphatic heterocycles. The monoisotopic (exact) mass is 287 g/mol. The largest absolute Gasteiger partial charge is 0.352 e. The van der Waals surface area contributed by atoms with E-state index in [2.05, 4.69) is 17.3 Å². The minimum absolute atomic E-state index is 0.0474. The van der Waals surface area contributed by atoms with Crippen LogP contribution in [0.5, 0.6) is 0 Å². The van der Waals surface area contributed by atoms with Crippen LogP contribution in [0.1, 0.15) is 43.7 Å². The molecule has 0 aromatic heterocycles. The van der Waals surface area contributed by atoms with Gasteiger partial charge in [-0.3, -0.25) is 4.79 Å². The van der Waals surface area contributed by atoms with Gasteiger partial charge in [0.1, 0.15) is 6.04 Å². The highest BCUT2D eigenvalue weighted by molar-refractivity contribution is 5.83. The number of piperidine rings is 2. The van der Waals surface area contributed by atoms with E-state index >= 15 is 0 Å². The molecular weight excluding hydrogens is 262 g/mol. The van der Waals surface area contributed by atoms with Gasteiger partial charge in [-0.2, -0.15) is 0 Å². The first-order valence-electron chi connectivity index (χ1n) is 7.98. The van der Waals surface area contributed by atoms with E-state index in [1.54, 1.807) is 0 Å². The number of carbonyl (C=O) groups is 1. The van der Waals surface area contributed by atoms with E-state index in [1.165, 1.54) is 19.3 Å². The van der Waals surface area contributed by atoms with Crippen LogP contribution in [0.15, 0.2) is 30.3 Å². The average molecular weight is 287 g/mol. The number of fused-ring (bicyclic) bond motifs is 2. The number of nitrogens with one attached hydrogen (secondary N) is 1. The number of carbonyl (C=O) groups excluding carboxylic acids is 1. The Hall–Kier alpha value is -1.39. The van der Waals surface area contributed by atoms with Gasteiger partial charge >= 0.3 is 0 Å². The van der Waals surface area contributed by atoms with Gasteiger partial charge in [0, 0.05) is 18.1 Å². The molecule has 1 aromatic carbocycles. The first kappa shape index (κ1) is 14.5. The third kappa shape index (κ3) is 3.11. The van der Waals surface area contributed by atoms with Crippen molar-refractivity contribution < 1.29 is 4.79 Å². The summed E-state index contributed by atoms with van der Waals surface area (Å²) < 4.78 is 0. The molecule has 0 aliphatic carbocycles. The van der Waals surface area contributed by atoms with Crippen LogP contribution in [-0.2, 0) is 4.79 Å². The van der Waals surface area contributed by atoms with E-state index in [0.717, 1.165) is 18.4 Å². The van der Waals surface area contributed by atoms with Gasteiger partial charge < -0.3 is 16.0 Å². The standard InChI is InChI=1S/C17H25N3O/c1-20-14-8-5-9-15(20)11-13(10-14)19-17(21)16(18)12-6-3-2-4-7-12/h2-4,6-7,13-16H,5,8-11,18H2,1H3,(H,19,21). The van der Waals surface area contributed by atoms with Gasteiger partial charge in [-0.25, -0.2) is 0 Å². The highest BCUT2D eigenvalue weighted by Crippen LogP contribution is 2.32. The number of nitrogens with two attached hydrogens (primary N) is 1. The van der Waals surface area contributed by atoms with Gasteiger partial charge in [-0.15, -0.1) is 0 Å². The summed E-state index contributed by atoms with van der Waals surface area (Å²) >= 11 is 0. The van der Waals surface area contributed by atoms with E-state index < -0.39 is 6.04 Å². The minimum atomic E-state index is -0.564. The molecule has 2 saturated heterocycles. The van der Waals surface area contributed by atoms with E-state index in [-0.39, 0.29) is 11.9 Å². The lowest BCUT2D eigenvalue weighted by atomic mass is 9.82. The molecule has 3 atom stereocenters. The van der Waals surface area contributed by atoms with E-state index in [0.29, 0.717) is 12.1 Å². The van der Waals surface area contributed by atoms with Crippen LogP contribution in [0.3, 0.4) is 0 Å². The topological polar surface area (TPSA) is 58.4 Å². The molecule has 3 unspecified atom stereocenters. The molecule has 114 valence electrons. The lowest BCUT2D eigenvalue weighted by Crippen LogP contribution is -2.56. The van der Waals surface area contributed by atoms with Gasteiger partial charge in [-0.05, 0) is 38.3 Å². The second-order valence-corrected chi connectivity index (χ2v) is 6.47. The molecule has 2 fully saturated rings. The van der Waals surface area contributed by atoms with Crippen LogP contribution >= 0.6 is 0 Å². The third-order valence-corrected chi connectivity index (χ3v) is 5.13. The Kier molecular flexibility index (Phi) is 4.27. The molecule has 21 heavy (non-hydrogen) atoms. The normalized spacial score (nSPS) is 30.7. The van der Waals surface area contributed by atoms with Crippen LogP contribution in [0, 0.1) is 0 Å². The SMILES string of the molecule is CN1C2CCCC1CC(NC(=O)C(N)c1ccccc1)C2. The van der Waals surface area contributed by atoms with E-state index in [9.17, 15) is 4.79 Å². The fourth-order valence-corrected chi connectivity index (χ4v) is 3.84. The Labute approximate surface area is 126 Å². The maximum absolute atomic E-state index is 12.4. The summed E-state index contributed by atoms with van der Waals surface area (Å²) in [5, 5.41) is 3.18. The molecule has 3 N–H and O–H groups in total. The van der Waals surface area contributed by atoms with Crippen molar-refractivity contribution in [1.29, 1.82) is 0 Å². The Morgan fingerprint density at radius 1 is 1.24 bits per heavy atom. The number of benzene rings is 1. The zero-order valence-electron chi connectivity index (χ0n) is 12.7. The summed E-state index contributed by atoms with van der Waals surface area (Å²) in [6.45, 7) is 0. The predicted molar refractivity (Wildman–Crippen MR) is 83.7 cm³/mol. The van der Waals surface area contributed by atoms with Gasteiger partial charge in [0.25, 0.3) is 0 Å². The third-order valence-electron chi connectivity index (χ3n) is 5.13. The van der Waals surface area contributed by atoms with Crippen molar-refractivity contribution >= 4 is 5.91 Å². The fourth-order valence-electron chi connectivity index (χ4n) is 3.84. The second kappa shape index (κ2) is 6.16. The van der Waals surface area contributed by atoms with Gasteiger partial charge in [0.15, 0.2) is 0 Å². The first-order valence-corrected chi connectivity index (χ1v) is 7.98. The zero-order valence-corrected chi connectivity index (χ0v) is 12.7. The maximum Gasteiger partial charge on any atom is 0.241 e. The Balaban J connectivity index is 1.60. The van der Waals surface area contributed by atoms with Crippen LogP contribution in [0.25, 0.3) is 0 Å². The Bertz CT molecular complexity index is 476. The number of amides is 1. The van der Waals surface area contributed by atoms with Crippen LogP contribution in [-0.4, -0.2) is 36.0 Å². The molecule has 1 amide bonds. The van der Waals surface area contributed by atoms with Crippen molar-refractivity contribution in [1.82, 2.24) is 10.2 Å². The lowest BCUT2D eigenvalue weighted by Gasteiger charge is -2.47. The molecule has 2 bridgehead atoms. The Morgan fingerprint density at radius 2 is 1.86 bits per heavy atom. The Morgan fingerprint density at radius 3 is 2.48 bits per heavy atom. The molecule has 1 aromatic rings. The maximum atomic E-state index is 12.4. The highest BCUT2D eigenvalue weighted by atomic mass is 16.2.